The number of fused-ring (bicyclic) bond motifs is 1. The average Bonchev–Trinajstić information content (AvgIpc) is 3.17. The molecule has 3 rings (SSSR count). The Bertz CT molecular complexity index is 932. The first-order valence-electron chi connectivity index (χ1n) is 9.64. The van der Waals surface area contributed by atoms with E-state index in [2.05, 4.69) is 10.1 Å². The number of amides is 2. The number of halogens is 3. The normalized spacial score (nSPS) is 17.9. The van der Waals surface area contributed by atoms with Gasteiger partial charge in [-0.25, -0.2) is 0 Å². The molecule has 2 aromatic rings. The molecule has 0 saturated carbocycles. The number of nitrogens with zero attached hydrogens (tertiary/aromatic N) is 1. The molecule has 2 aromatic carbocycles. The first kappa shape index (κ1) is 21.9. The minimum Gasteiger partial charge on any atom is -0.506 e. The molecule has 0 bridgehead atoms. The SMILES string of the molecule is CC(COCC(F)(F)F)NC(=O)C1CCCN1C(=O)c1ccc2ccccc2c1O. The molecule has 9 heteroatoms. The first-order valence-corrected chi connectivity index (χ1v) is 9.64. The molecule has 1 heterocycles. The summed E-state index contributed by atoms with van der Waals surface area (Å²) in [7, 11) is 0. The van der Waals surface area contributed by atoms with Crippen LogP contribution in [-0.4, -0.2) is 59.8 Å². The largest absolute Gasteiger partial charge is 0.506 e. The van der Waals surface area contributed by atoms with Crippen LogP contribution in [0.4, 0.5) is 13.2 Å². The molecular weight excluding hydrogens is 401 g/mol. The molecule has 2 atom stereocenters. The quantitative estimate of drug-likeness (QED) is 0.746. The fraction of sp³-hybridized carbons (Fsp3) is 0.429. The maximum atomic E-state index is 13.0. The van der Waals surface area contributed by atoms with Crippen molar-refractivity contribution >= 4 is 22.6 Å². The highest BCUT2D eigenvalue weighted by atomic mass is 19.4. The number of hydrogen-bond acceptors (Lipinski definition) is 4. The lowest BCUT2D eigenvalue weighted by atomic mass is 10.0. The van der Waals surface area contributed by atoms with E-state index >= 15 is 0 Å². The maximum absolute atomic E-state index is 13.0. The molecule has 0 aliphatic carbocycles. The van der Waals surface area contributed by atoms with E-state index in [-0.39, 0.29) is 17.9 Å². The number of carbonyl (C=O) groups is 2. The smallest absolute Gasteiger partial charge is 0.411 e. The maximum Gasteiger partial charge on any atom is 0.411 e. The second kappa shape index (κ2) is 8.91. The van der Waals surface area contributed by atoms with Gasteiger partial charge < -0.3 is 20.1 Å². The van der Waals surface area contributed by atoms with Gasteiger partial charge in [0.15, 0.2) is 0 Å². The van der Waals surface area contributed by atoms with Gasteiger partial charge >= 0.3 is 6.18 Å². The predicted octanol–water partition coefficient (Wildman–Crippen LogP) is 3.23. The van der Waals surface area contributed by atoms with E-state index in [1.807, 2.05) is 12.1 Å². The number of aromatic hydroxyl groups is 1. The zero-order valence-electron chi connectivity index (χ0n) is 16.4. The van der Waals surface area contributed by atoms with E-state index in [9.17, 15) is 27.9 Å². The molecule has 0 radical (unpaired) electrons. The summed E-state index contributed by atoms with van der Waals surface area (Å²) in [5.74, 6) is -1.06. The van der Waals surface area contributed by atoms with Crippen LogP contribution in [0.5, 0.6) is 5.75 Å². The zero-order chi connectivity index (χ0) is 21.9. The fourth-order valence-electron chi connectivity index (χ4n) is 3.60. The zero-order valence-corrected chi connectivity index (χ0v) is 16.4. The molecule has 30 heavy (non-hydrogen) atoms. The summed E-state index contributed by atoms with van der Waals surface area (Å²) < 4.78 is 41.1. The lowest BCUT2D eigenvalue weighted by Crippen LogP contribution is -2.49. The summed E-state index contributed by atoms with van der Waals surface area (Å²) in [6, 6.07) is 8.96. The molecule has 162 valence electrons. The molecule has 1 aliphatic heterocycles. The van der Waals surface area contributed by atoms with Gasteiger partial charge in [0.25, 0.3) is 5.91 Å². The van der Waals surface area contributed by atoms with Crippen LogP contribution in [0.3, 0.4) is 0 Å². The van der Waals surface area contributed by atoms with Crippen molar-refractivity contribution in [1.82, 2.24) is 10.2 Å². The van der Waals surface area contributed by atoms with Crippen LogP contribution >= 0.6 is 0 Å². The van der Waals surface area contributed by atoms with Gasteiger partial charge in [-0.1, -0.05) is 30.3 Å². The highest BCUT2D eigenvalue weighted by molar-refractivity contribution is 6.05. The summed E-state index contributed by atoms with van der Waals surface area (Å²) in [5, 5.41) is 14.5. The molecule has 2 unspecified atom stereocenters. The topological polar surface area (TPSA) is 78.9 Å². The standard InChI is InChI=1S/C21H23F3N2O4/c1-13(11-30-12-21(22,23)24)25-19(28)17-7-4-10-26(17)20(29)16-9-8-14-5-2-3-6-15(14)18(16)27/h2-3,5-6,8-9,13,17,27H,4,7,10-12H2,1H3,(H,25,28). The van der Waals surface area contributed by atoms with Gasteiger partial charge in [-0.05, 0) is 31.2 Å². The third-order valence-corrected chi connectivity index (χ3v) is 4.97. The molecule has 2 N–H and O–H groups in total. The third kappa shape index (κ3) is 5.02. The van der Waals surface area contributed by atoms with Crippen LogP contribution in [0.15, 0.2) is 36.4 Å². The second-order valence-corrected chi connectivity index (χ2v) is 7.38. The molecule has 0 aromatic heterocycles. The minimum absolute atomic E-state index is 0.106. The minimum atomic E-state index is -4.43. The molecule has 1 saturated heterocycles. The summed E-state index contributed by atoms with van der Waals surface area (Å²) in [6.45, 7) is 0.201. The molecule has 6 nitrogen and oxygen atoms in total. The second-order valence-electron chi connectivity index (χ2n) is 7.38. The van der Waals surface area contributed by atoms with Crippen molar-refractivity contribution in [3.8, 4) is 5.75 Å². The Labute approximate surface area is 171 Å². The van der Waals surface area contributed by atoms with Crippen LogP contribution in [0.2, 0.25) is 0 Å². The van der Waals surface area contributed by atoms with Crippen molar-refractivity contribution in [2.75, 3.05) is 19.8 Å². The summed E-state index contributed by atoms with van der Waals surface area (Å²) in [5.41, 5.74) is 0.106. The number of phenolic OH excluding ortho intramolecular Hbond substituents is 1. The van der Waals surface area contributed by atoms with Gasteiger partial charge in [0.05, 0.1) is 12.2 Å². The predicted molar refractivity (Wildman–Crippen MR) is 104 cm³/mol. The Hall–Kier alpha value is -2.81. The van der Waals surface area contributed by atoms with Crippen LogP contribution in [-0.2, 0) is 9.53 Å². The number of alkyl halides is 3. The number of rotatable bonds is 6. The highest BCUT2D eigenvalue weighted by Gasteiger charge is 2.36. The highest BCUT2D eigenvalue weighted by Crippen LogP contribution is 2.31. The Morgan fingerprint density at radius 1 is 1.27 bits per heavy atom. The molecule has 1 aliphatic rings. The van der Waals surface area contributed by atoms with E-state index in [0.29, 0.717) is 24.8 Å². The van der Waals surface area contributed by atoms with Gasteiger partial charge in [0.1, 0.15) is 18.4 Å². The van der Waals surface area contributed by atoms with Crippen molar-refractivity contribution in [3.63, 3.8) is 0 Å². The lowest BCUT2D eigenvalue weighted by molar-refractivity contribution is -0.175. The van der Waals surface area contributed by atoms with E-state index < -0.39 is 36.7 Å². The number of carbonyl (C=O) groups excluding carboxylic acids is 2. The van der Waals surface area contributed by atoms with E-state index in [4.69, 9.17) is 0 Å². The van der Waals surface area contributed by atoms with Crippen molar-refractivity contribution < 1.29 is 32.6 Å². The van der Waals surface area contributed by atoms with Crippen LogP contribution in [0, 0.1) is 0 Å². The summed E-state index contributed by atoms with van der Waals surface area (Å²) in [6.07, 6.45) is -3.39. The number of nitrogens with one attached hydrogen (secondary N) is 1. The Kier molecular flexibility index (Phi) is 6.50. The number of phenols is 1. The fourth-order valence-corrected chi connectivity index (χ4v) is 3.60. The Morgan fingerprint density at radius 3 is 2.73 bits per heavy atom. The summed E-state index contributed by atoms with van der Waals surface area (Å²) in [4.78, 5) is 27.0. The van der Waals surface area contributed by atoms with E-state index in [0.717, 1.165) is 5.39 Å². The summed E-state index contributed by atoms with van der Waals surface area (Å²) >= 11 is 0. The van der Waals surface area contributed by atoms with Gasteiger partial charge in [0, 0.05) is 18.0 Å². The van der Waals surface area contributed by atoms with Crippen LogP contribution in [0.25, 0.3) is 10.8 Å². The third-order valence-electron chi connectivity index (χ3n) is 4.97. The molecule has 2 amide bonds. The van der Waals surface area contributed by atoms with Gasteiger partial charge in [0.2, 0.25) is 5.91 Å². The van der Waals surface area contributed by atoms with Crippen LogP contribution in [0.1, 0.15) is 30.1 Å². The Balaban J connectivity index is 1.67. The van der Waals surface area contributed by atoms with Crippen molar-refractivity contribution in [2.24, 2.45) is 0 Å². The van der Waals surface area contributed by atoms with E-state index in [1.165, 1.54) is 17.9 Å². The van der Waals surface area contributed by atoms with Crippen molar-refractivity contribution in [1.29, 1.82) is 0 Å². The number of ether oxygens (including phenoxy) is 1. The average molecular weight is 424 g/mol. The van der Waals surface area contributed by atoms with Crippen molar-refractivity contribution in [2.45, 2.75) is 38.0 Å². The van der Waals surface area contributed by atoms with Crippen molar-refractivity contribution in [3.05, 3.63) is 42.0 Å². The molecule has 0 spiro atoms. The van der Waals surface area contributed by atoms with Gasteiger partial charge in [-0.3, -0.25) is 9.59 Å². The molecule has 1 fully saturated rings. The van der Waals surface area contributed by atoms with Gasteiger partial charge in [-0.15, -0.1) is 0 Å². The Morgan fingerprint density at radius 2 is 2.00 bits per heavy atom. The molecular formula is C21H23F3N2O4. The number of likely N-dealkylation sites (tertiary alicyclic amines) is 1. The van der Waals surface area contributed by atoms with Crippen LogP contribution < -0.4 is 5.32 Å². The number of benzene rings is 2. The number of hydrogen-bond donors (Lipinski definition) is 2. The monoisotopic (exact) mass is 424 g/mol. The van der Waals surface area contributed by atoms with E-state index in [1.54, 1.807) is 18.2 Å². The first-order chi connectivity index (χ1) is 14.2. The lowest BCUT2D eigenvalue weighted by Gasteiger charge is -2.26. The van der Waals surface area contributed by atoms with Gasteiger partial charge in [-0.2, -0.15) is 13.2 Å².